The Morgan fingerprint density at radius 2 is 2.05 bits per heavy atom. The predicted molar refractivity (Wildman–Crippen MR) is 90.1 cm³/mol. The van der Waals surface area contributed by atoms with E-state index in [1.54, 1.807) is 0 Å². The highest BCUT2D eigenvalue weighted by Gasteiger charge is 2.27. The van der Waals surface area contributed by atoms with Gasteiger partial charge >= 0.3 is 0 Å². The van der Waals surface area contributed by atoms with Gasteiger partial charge in [-0.2, -0.15) is 0 Å². The van der Waals surface area contributed by atoms with Crippen LogP contribution in [0.5, 0.6) is 0 Å². The Bertz CT molecular complexity index is 470. The summed E-state index contributed by atoms with van der Waals surface area (Å²) in [5, 5.41) is 0. The molecule has 0 unspecified atom stereocenters. The Balaban J connectivity index is 2.01. The Morgan fingerprint density at radius 3 is 2.67 bits per heavy atom. The van der Waals surface area contributed by atoms with Gasteiger partial charge in [-0.1, -0.05) is 35.0 Å². The third-order valence-corrected chi connectivity index (χ3v) is 4.70. The summed E-state index contributed by atoms with van der Waals surface area (Å²) >= 11 is 3.46. The average Bonchev–Trinajstić information content (AvgIpc) is 2.46. The summed E-state index contributed by atoms with van der Waals surface area (Å²) in [6.07, 6.45) is 5.66. The number of halogens is 1. The minimum atomic E-state index is 0.246. The first-order chi connectivity index (χ1) is 10.1. The van der Waals surface area contributed by atoms with Gasteiger partial charge in [-0.05, 0) is 49.8 Å². The molecule has 0 radical (unpaired) electrons. The predicted octanol–water partition coefficient (Wildman–Crippen LogP) is 3.50. The zero-order valence-corrected chi connectivity index (χ0v) is 14.3. The van der Waals surface area contributed by atoms with Crippen LogP contribution < -0.4 is 5.73 Å². The monoisotopic (exact) mass is 352 g/mol. The van der Waals surface area contributed by atoms with E-state index in [0.29, 0.717) is 18.5 Å². The molecule has 1 saturated carbocycles. The molecule has 1 aliphatic rings. The largest absolute Gasteiger partial charge is 0.339 e. The maximum absolute atomic E-state index is 12.7. The summed E-state index contributed by atoms with van der Waals surface area (Å²) < 4.78 is 1.03. The number of hydrogen-bond donors (Lipinski definition) is 1. The Morgan fingerprint density at radius 1 is 1.33 bits per heavy atom. The van der Waals surface area contributed by atoms with Gasteiger partial charge in [-0.25, -0.2) is 0 Å². The highest BCUT2D eigenvalue weighted by atomic mass is 79.9. The zero-order valence-electron chi connectivity index (χ0n) is 12.7. The number of hydrogen-bond acceptors (Lipinski definition) is 2. The molecule has 0 saturated heterocycles. The summed E-state index contributed by atoms with van der Waals surface area (Å²) in [6.45, 7) is 2.99. The van der Waals surface area contributed by atoms with Gasteiger partial charge < -0.3 is 10.6 Å². The maximum Gasteiger partial charge on any atom is 0.227 e. The fraction of sp³-hybridized carbons (Fsp3) is 0.588. The fourth-order valence-corrected chi connectivity index (χ4v) is 3.53. The van der Waals surface area contributed by atoms with Crippen LogP contribution in [-0.4, -0.2) is 29.4 Å². The van der Waals surface area contributed by atoms with Gasteiger partial charge in [-0.3, -0.25) is 4.79 Å². The second kappa shape index (κ2) is 7.95. The van der Waals surface area contributed by atoms with Gasteiger partial charge in [0, 0.05) is 23.1 Å². The Labute approximate surface area is 136 Å². The first-order valence-electron chi connectivity index (χ1n) is 7.89. The van der Waals surface area contributed by atoms with Crippen molar-refractivity contribution in [1.29, 1.82) is 0 Å². The standard InChI is InChI=1S/C17H25BrN2O/c1-2-10-20(16-8-6-15(19)7-9-16)17(21)12-13-4-3-5-14(18)11-13/h3-5,11,15-16H,2,6-10,12,19H2,1H3. The SMILES string of the molecule is CCCN(C(=O)Cc1cccc(Br)c1)C1CCC(N)CC1. The highest BCUT2D eigenvalue weighted by Crippen LogP contribution is 2.23. The van der Waals surface area contributed by atoms with Crippen molar-refractivity contribution in [2.45, 2.75) is 57.5 Å². The van der Waals surface area contributed by atoms with E-state index in [9.17, 15) is 4.79 Å². The average molecular weight is 353 g/mol. The van der Waals surface area contributed by atoms with E-state index in [2.05, 4.69) is 27.8 Å². The zero-order chi connectivity index (χ0) is 15.2. The molecule has 0 aliphatic heterocycles. The Hall–Kier alpha value is -0.870. The van der Waals surface area contributed by atoms with Gasteiger partial charge in [0.1, 0.15) is 0 Å². The lowest BCUT2D eigenvalue weighted by atomic mass is 9.90. The van der Waals surface area contributed by atoms with E-state index in [0.717, 1.165) is 48.7 Å². The molecule has 0 spiro atoms. The first kappa shape index (κ1) is 16.5. The minimum Gasteiger partial charge on any atom is -0.339 e. The van der Waals surface area contributed by atoms with Crippen LogP contribution in [0.25, 0.3) is 0 Å². The molecule has 1 aromatic rings. The molecule has 1 fully saturated rings. The van der Waals surface area contributed by atoms with E-state index < -0.39 is 0 Å². The molecular formula is C17H25BrN2O. The molecule has 116 valence electrons. The van der Waals surface area contributed by atoms with Gasteiger partial charge in [0.25, 0.3) is 0 Å². The number of amides is 1. The molecule has 1 aliphatic carbocycles. The van der Waals surface area contributed by atoms with E-state index in [1.807, 2.05) is 24.3 Å². The minimum absolute atomic E-state index is 0.246. The van der Waals surface area contributed by atoms with E-state index in [1.165, 1.54) is 0 Å². The van der Waals surface area contributed by atoms with Crippen LogP contribution in [0.1, 0.15) is 44.6 Å². The fourth-order valence-electron chi connectivity index (χ4n) is 3.09. The second-order valence-corrected chi connectivity index (χ2v) is 6.88. The van der Waals surface area contributed by atoms with Crippen molar-refractivity contribution < 1.29 is 4.79 Å². The highest BCUT2D eigenvalue weighted by molar-refractivity contribution is 9.10. The molecule has 0 bridgehead atoms. The molecule has 4 heteroatoms. The number of nitrogens with two attached hydrogens (primary N) is 1. The summed E-state index contributed by atoms with van der Waals surface area (Å²) in [4.78, 5) is 14.8. The van der Waals surface area contributed by atoms with E-state index in [4.69, 9.17) is 5.73 Å². The van der Waals surface area contributed by atoms with Crippen molar-refractivity contribution in [1.82, 2.24) is 4.90 Å². The van der Waals surface area contributed by atoms with Crippen molar-refractivity contribution in [2.24, 2.45) is 5.73 Å². The van der Waals surface area contributed by atoms with Crippen molar-refractivity contribution in [3.63, 3.8) is 0 Å². The van der Waals surface area contributed by atoms with Gasteiger partial charge in [-0.15, -0.1) is 0 Å². The smallest absolute Gasteiger partial charge is 0.227 e. The summed E-state index contributed by atoms with van der Waals surface area (Å²) in [6, 6.07) is 8.72. The van der Waals surface area contributed by atoms with Crippen LogP contribution >= 0.6 is 15.9 Å². The lowest BCUT2D eigenvalue weighted by Gasteiger charge is -2.36. The lowest BCUT2D eigenvalue weighted by Crippen LogP contribution is -2.45. The number of carbonyl (C=O) groups is 1. The van der Waals surface area contributed by atoms with Gasteiger partial charge in [0.05, 0.1) is 6.42 Å². The number of carbonyl (C=O) groups excluding carboxylic acids is 1. The third-order valence-electron chi connectivity index (χ3n) is 4.21. The van der Waals surface area contributed by atoms with E-state index in [-0.39, 0.29) is 5.91 Å². The Kier molecular flexibility index (Phi) is 6.24. The molecule has 1 aromatic carbocycles. The van der Waals surface area contributed by atoms with Crippen LogP contribution in [0.2, 0.25) is 0 Å². The van der Waals surface area contributed by atoms with Crippen molar-refractivity contribution >= 4 is 21.8 Å². The van der Waals surface area contributed by atoms with Crippen molar-refractivity contribution in [2.75, 3.05) is 6.54 Å². The quantitative estimate of drug-likeness (QED) is 0.881. The lowest BCUT2D eigenvalue weighted by molar-refractivity contribution is -0.133. The second-order valence-electron chi connectivity index (χ2n) is 5.96. The van der Waals surface area contributed by atoms with Crippen molar-refractivity contribution in [3.05, 3.63) is 34.3 Å². The molecule has 21 heavy (non-hydrogen) atoms. The summed E-state index contributed by atoms with van der Waals surface area (Å²) in [5.74, 6) is 0.246. The topological polar surface area (TPSA) is 46.3 Å². The number of nitrogens with zero attached hydrogens (tertiary/aromatic N) is 1. The van der Waals surface area contributed by atoms with Crippen LogP contribution in [0.3, 0.4) is 0 Å². The maximum atomic E-state index is 12.7. The summed E-state index contributed by atoms with van der Waals surface area (Å²) in [7, 11) is 0. The van der Waals surface area contributed by atoms with Crippen LogP contribution in [0.4, 0.5) is 0 Å². The molecular weight excluding hydrogens is 328 g/mol. The van der Waals surface area contributed by atoms with Crippen LogP contribution in [0, 0.1) is 0 Å². The molecule has 2 N–H and O–H groups in total. The third kappa shape index (κ3) is 4.82. The van der Waals surface area contributed by atoms with Crippen LogP contribution in [0.15, 0.2) is 28.7 Å². The first-order valence-corrected chi connectivity index (χ1v) is 8.69. The molecule has 3 nitrogen and oxygen atoms in total. The summed E-state index contributed by atoms with van der Waals surface area (Å²) in [5.41, 5.74) is 7.05. The van der Waals surface area contributed by atoms with Gasteiger partial charge in [0.15, 0.2) is 0 Å². The normalized spacial score (nSPS) is 22.0. The molecule has 2 rings (SSSR count). The van der Waals surface area contributed by atoms with Crippen LogP contribution in [-0.2, 0) is 11.2 Å². The number of benzene rings is 1. The van der Waals surface area contributed by atoms with Gasteiger partial charge in [0.2, 0.25) is 5.91 Å². The molecule has 0 aromatic heterocycles. The number of rotatable bonds is 5. The molecule has 1 amide bonds. The van der Waals surface area contributed by atoms with Crippen molar-refractivity contribution in [3.8, 4) is 0 Å². The molecule has 0 atom stereocenters. The molecule has 0 heterocycles. The van der Waals surface area contributed by atoms with E-state index >= 15 is 0 Å².